The van der Waals surface area contributed by atoms with Crippen LogP contribution < -0.4 is 10.5 Å². The quantitative estimate of drug-likeness (QED) is 0.857. The summed E-state index contributed by atoms with van der Waals surface area (Å²) in [7, 11) is 0. The van der Waals surface area contributed by atoms with E-state index in [0.29, 0.717) is 0 Å². The molecule has 0 fully saturated rings. The van der Waals surface area contributed by atoms with Gasteiger partial charge >= 0.3 is 0 Å². The van der Waals surface area contributed by atoms with E-state index >= 15 is 0 Å². The summed E-state index contributed by atoms with van der Waals surface area (Å²) >= 11 is 3.47. The number of halogens is 1. The topological polar surface area (TPSA) is 35.2 Å². The number of hydrogen-bond acceptors (Lipinski definition) is 2. The zero-order chi connectivity index (χ0) is 12.3. The Morgan fingerprint density at radius 2 is 2.29 bits per heavy atom. The van der Waals surface area contributed by atoms with Crippen LogP contribution in [-0.2, 0) is 0 Å². The van der Waals surface area contributed by atoms with E-state index in [0.717, 1.165) is 22.2 Å². The first-order valence-corrected chi connectivity index (χ1v) is 6.84. The van der Waals surface area contributed by atoms with Gasteiger partial charge in [-0.25, -0.2) is 0 Å². The number of allylic oxidation sites excluding steroid dienone is 1. The summed E-state index contributed by atoms with van der Waals surface area (Å²) < 4.78 is 7.06. The molecule has 0 saturated carbocycles. The fourth-order valence-electron chi connectivity index (χ4n) is 2.03. The van der Waals surface area contributed by atoms with Gasteiger partial charge in [0.2, 0.25) is 0 Å². The molecule has 1 aromatic rings. The Hall–Kier alpha value is -0.800. The summed E-state index contributed by atoms with van der Waals surface area (Å²) in [5, 5.41) is 0. The second-order valence-electron chi connectivity index (χ2n) is 4.49. The van der Waals surface area contributed by atoms with Crippen molar-refractivity contribution in [2.24, 2.45) is 5.73 Å². The third kappa shape index (κ3) is 3.33. The van der Waals surface area contributed by atoms with Crippen molar-refractivity contribution in [3.05, 3.63) is 40.4 Å². The van der Waals surface area contributed by atoms with Gasteiger partial charge in [-0.1, -0.05) is 28.1 Å². The molecule has 2 atom stereocenters. The lowest BCUT2D eigenvalue weighted by Crippen LogP contribution is -2.18. The molecule has 1 aromatic carbocycles. The predicted octanol–water partition coefficient (Wildman–Crippen LogP) is 3.96. The van der Waals surface area contributed by atoms with Gasteiger partial charge in [-0.15, -0.1) is 0 Å². The second kappa shape index (κ2) is 5.69. The van der Waals surface area contributed by atoms with Crippen LogP contribution in [-0.4, -0.2) is 6.10 Å². The highest BCUT2D eigenvalue weighted by Crippen LogP contribution is 2.29. The molecule has 0 spiro atoms. The van der Waals surface area contributed by atoms with Crippen LogP contribution in [0.4, 0.5) is 0 Å². The molecule has 92 valence electrons. The van der Waals surface area contributed by atoms with Gasteiger partial charge in [-0.2, -0.15) is 0 Å². The van der Waals surface area contributed by atoms with E-state index in [1.54, 1.807) is 0 Å². The minimum atomic E-state index is -0.00864. The van der Waals surface area contributed by atoms with Gasteiger partial charge in [-0.3, -0.25) is 0 Å². The Bertz CT molecular complexity index is 415. The van der Waals surface area contributed by atoms with Crippen molar-refractivity contribution in [3.8, 4) is 5.75 Å². The molecular formula is C14H18BrNO. The number of hydrogen-bond donors (Lipinski definition) is 1. The minimum Gasteiger partial charge on any atom is -0.486 e. The lowest BCUT2D eigenvalue weighted by Gasteiger charge is -2.21. The molecule has 0 amide bonds. The SMILES string of the molecule is C[C@@H](N)c1ccc(Br)cc1OC1C=CCCC1. The van der Waals surface area contributed by atoms with Crippen molar-refractivity contribution in [2.45, 2.75) is 38.3 Å². The molecule has 17 heavy (non-hydrogen) atoms. The fourth-order valence-corrected chi connectivity index (χ4v) is 2.37. The van der Waals surface area contributed by atoms with Crippen molar-refractivity contribution in [1.29, 1.82) is 0 Å². The summed E-state index contributed by atoms with van der Waals surface area (Å²) in [6.45, 7) is 1.98. The second-order valence-corrected chi connectivity index (χ2v) is 5.40. The number of nitrogens with two attached hydrogens (primary N) is 1. The van der Waals surface area contributed by atoms with Gasteiger partial charge in [0, 0.05) is 16.1 Å². The molecule has 0 aromatic heterocycles. The van der Waals surface area contributed by atoms with Crippen molar-refractivity contribution in [1.82, 2.24) is 0 Å². The zero-order valence-corrected chi connectivity index (χ0v) is 11.6. The lowest BCUT2D eigenvalue weighted by atomic mass is 10.0. The van der Waals surface area contributed by atoms with E-state index in [-0.39, 0.29) is 12.1 Å². The Labute approximate surface area is 111 Å². The molecule has 0 saturated heterocycles. The average Bonchev–Trinajstić information content (AvgIpc) is 2.30. The molecule has 0 radical (unpaired) electrons. The van der Waals surface area contributed by atoms with Gasteiger partial charge < -0.3 is 10.5 Å². The van der Waals surface area contributed by atoms with E-state index in [4.69, 9.17) is 10.5 Å². The van der Waals surface area contributed by atoms with Crippen molar-refractivity contribution in [3.63, 3.8) is 0 Å². The van der Waals surface area contributed by atoms with Gasteiger partial charge in [0.15, 0.2) is 0 Å². The molecule has 0 aliphatic heterocycles. The Morgan fingerprint density at radius 3 is 2.94 bits per heavy atom. The molecular weight excluding hydrogens is 278 g/mol. The minimum absolute atomic E-state index is 0.00864. The molecule has 0 heterocycles. The first-order chi connectivity index (χ1) is 8.16. The van der Waals surface area contributed by atoms with Gasteiger partial charge in [0.05, 0.1) is 0 Å². The molecule has 2 nitrogen and oxygen atoms in total. The van der Waals surface area contributed by atoms with E-state index < -0.39 is 0 Å². The highest BCUT2D eigenvalue weighted by molar-refractivity contribution is 9.10. The third-order valence-electron chi connectivity index (χ3n) is 2.95. The fraction of sp³-hybridized carbons (Fsp3) is 0.429. The number of benzene rings is 1. The molecule has 0 bridgehead atoms. The summed E-state index contributed by atoms with van der Waals surface area (Å²) in [5.41, 5.74) is 7.02. The van der Waals surface area contributed by atoms with Crippen LogP contribution in [0.15, 0.2) is 34.8 Å². The molecule has 2 N–H and O–H groups in total. The van der Waals surface area contributed by atoms with Gasteiger partial charge in [-0.05, 0) is 44.4 Å². The maximum atomic E-state index is 6.03. The smallest absolute Gasteiger partial charge is 0.126 e. The Balaban J connectivity index is 2.20. The largest absolute Gasteiger partial charge is 0.486 e. The average molecular weight is 296 g/mol. The number of rotatable bonds is 3. The predicted molar refractivity (Wildman–Crippen MR) is 74.2 cm³/mol. The summed E-state index contributed by atoms with van der Waals surface area (Å²) in [6, 6.07) is 6.02. The van der Waals surface area contributed by atoms with Crippen LogP contribution in [0, 0.1) is 0 Å². The van der Waals surface area contributed by atoms with Gasteiger partial charge in [0.25, 0.3) is 0 Å². The molecule has 1 aliphatic carbocycles. The van der Waals surface area contributed by atoms with Crippen molar-refractivity contribution in [2.75, 3.05) is 0 Å². The molecule has 1 aliphatic rings. The van der Waals surface area contributed by atoms with Crippen LogP contribution >= 0.6 is 15.9 Å². The standard InChI is InChI=1S/C14H18BrNO/c1-10(16)13-8-7-11(15)9-14(13)17-12-5-3-2-4-6-12/h3,5,7-10,12H,2,4,6,16H2,1H3/t10-,12?/m1/s1. The van der Waals surface area contributed by atoms with Crippen LogP contribution in [0.25, 0.3) is 0 Å². The van der Waals surface area contributed by atoms with E-state index in [9.17, 15) is 0 Å². The maximum absolute atomic E-state index is 6.03. The lowest BCUT2D eigenvalue weighted by molar-refractivity contribution is 0.227. The summed E-state index contributed by atoms with van der Waals surface area (Å²) in [5.74, 6) is 0.894. The highest BCUT2D eigenvalue weighted by atomic mass is 79.9. The molecule has 3 heteroatoms. The summed E-state index contributed by atoms with van der Waals surface area (Å²) in [4.78, 5) is 0. The Morgan fingerprint density at radius 1 is 1.47 bits per heavy atom. The van der Waals surface area contributed by atoms with E-state index in [1.165, 1.54) is 12.8 Å². The maximum Gasteiger partial charge on any atom is 0.126 e. The van der Waals surface area contributed by atoms with Gasteiger partial charge in [0.1, 0.15) is 11.9 Å². The van der Waals surface area contributed by atoms with Crippen LogP contribution in [0.3, 0.4) is 0 Å². The normalized spacial score (nSPS) is 21.2. The van der Waals surface area contributed by atoms with Crippen LogP contribution in [0.5, 0.6) is 5.75 Å². The first-order valence-electron chi connectivity index (χ1n) is 6.05. The molecule has 2 rings (SSSR count). The third-order valence-corrected chi connectivity index (χ3v) is 3.45. The van der Waals surface area contributed by atoms with E-state index in [1.807, 2.05) is 25.1 Å². The summed E-state index contributed by atoms with van der Waals surface area (Å²) in [6.07, 6.45) is 7.98. The van der Waals surface area contributed by atoms with Crippen LogP contribution in [0.1, 0.15) is 37.8 Å². The zero-order valence-electron chi connectivity index (χ0n) is 10.0. The highest BCUT2D eigenvalue weighted by Gasteiger charge is 2.14. The van der Waals surface area contributed by atoms with E-state index in [2.05, 4.69) is 28.1 Å². The Kier molecular flexibility index (Phi) is 4.24. The number of ether oxygens (including phenoxy) is 1. The monoisotopic (exact) mass is 295 g/mol. The first kappa shape index (κ1) is 12.7. The molecule has 1 unspecified atom stereocenters. The van der Waals surface area contributed by atoms with Crippen molar-refractivity contribution < 1.29 is 4.74 Å². The van der Waals surface area contributed by atoms with Crippen molar-refractivity contribution >= 4 is 15.9 Å². The van der Waals surface area contributed by atoms with Crippen LogP contribution in [0.2, 0.25) is 0 Å².